The van der Waals surface area contributed by atoms with Crippen molar-refractivity contribution in [1.82, 2.24) is 4.90 Å². The molecule has 0 unspecified atom stereocenters. The number of ketones is 1. The maximum absolute atomic E-state index is 13.7. The van der Waals surface area contributed by atoms with Gasteiger partial charge in [-0.2, -0.15) is 0 Å². The van der Waals surface area contributed by atoms with Crippen LogP contribution in [0.3, 0.4) is 0 Å². The Morgan fingerprint density at radius 1 is 0.667 bits per heavy atom. The van der Waals surface area contributed by atoms with Crippen molar-refractivity contribution in [2.45, 2.75) is 13.8 Å². The molecule has 1 fully saturated rings. The molecule has 0 amide bonds. The SMILES string of the molecule is Cc1ccc(C(=O)/C=C(\C=C(/c2ccc(C)cc2)N2CCOCC2)P(c2ccccc2)c2ccccc2)cc1. The summed E-state index contributed by atoms with van der Waals surface area (Å²) in [6.45, 7) is 7.16. The Morgan fingerprint density at radius 3 is 1.67 bits per heavy atom. The van der Waals surface area contributed by atoms with Crippen molar-refractivity contribution >= 4 is 30.0 Å². The zero-order valence-electron chi connectivity index (χ0n) is 22.6. The van der Waals surface area contributed by atoms with E-state index in [0.717, 1.165) is 35.2 Å². The molecular weight excluding hydrogens is 497 g/mol. The van der Waals surface area contributed by atoms with Crippen LogP contribution in [0.5, 0.6) is 0 Å². The second-order valence-corrected chi connectivity index (χ2v) is 12.0. The fourth-order valence-corrected chi connectivity index (χ4v) is 7.07. The first-order valence-corrected chi connectivity index (χ1v) is 14.8. The van der Waals surface area contributed by atoms with Crippen LogP contribution in [-0.2, 0) is 4.74 Å². The molecule has 0 saturated carbocycles. The molecule has 0 bridgehead atoms. The highest BCUT2D eigenvalue weighted by Gasteiger charge is 2.22. The number of hydrogen-bond donors (Lipinski definition) is 0. The molecule has 4 heteroatoms. The quantitative estimate of drug-likeness (QED) is 0.107. The number of allylic oxidation sites excluding steroid dienone is 3. The number of aryl methyl sites for hydroxylation is 2. The average Bonchev–Trinajstić information content (AvgIpc) is 2.98. The van der Waals surface area contributed by atoms with Crippen LogP contribution in [0.1, 0.15) is 27.0 Å². The van der Waals surface area contributed by atoms with Gasteiger partial charge in [-0.3, -0.25) is 4.79 Å². The van der Waals surface area contributed by atoms with Gasteiger partial charge in [0.2, 0.25) is 0 Å². The van der Waals surface area contributed by atoms with Crippen molar-refractivity contribution < 1.29 is 9.53 Å². The van der Waals surface area contributed by atoms with Gasteiger partial charge in [0.1, 0.15) is 0 Å². The second kappa shape index (κ2) is 12.8. The van der Waals surface area contributed by atoms with Crippen LogP contribution in [0.4, 0.5) is 0 Å². The highest BCUT2D eigenvalue weighted by atomic mass is 31.1. The largest absolute Gasteiger partial charge is 0.378 e. The highest BCUT2D eigenvalue weighted by molar-refractivity contribution is 7.77. The van der Waals surface area contributed by atoms with Crippen LogP contribution < -0.4 is 10.6 Å². The minimum absolute atomic E-state index is 0.0193. The predicted molar refractivity (Wildman–Crippen MR) is 164 cm³/mol. The molecule has 4 aromatic carbocycles. The monoisotopic (exact) mass is 531 g/mol. The number of hydrogen-bond acceptors (Lipinski definition) is 3. The smallest absolute Gasteiger partial charge is 0.186 e. The van der Waals surface area contributed by atoms with Crippen LogP contribution in [-0.4, -0.2) is 37.0 Å². The highest BCUT2D eigenvalue weighted by Crippen LogP contribution is 2.45. The fourth-order valence-electron chi connectivity index (χ4n) is 4.73. The van der Waals surface area contributed by atoms with Gasteiger partial charge in [0.15, 0.2) is 5.78 Å². The Labute approximate surface area is 233 Å². The molecule has 3 nitrogen and oxygen atoms in total. The van der Waals surface area contributed by atoms with E-state index in [0.29, 0.717) is 18.8 Å². The zero-order valence-corrected chi connectivity index (χ0v) is 23.5. The minimum atomic E-state index is -0.988. The summed E-state index contributed by atoms with van der Waals surface area (Å²) in [6.07, 6.45) is 4.12. The van der Waals surface area contributed by atoms with Crippen molar-refractivity contribution in [3.05, 3.63) is 149 Å². The molecule has 1 aliphatic rings. The third kappa shape index (κ3) is 6.81. The number of morpholine rings is 1. The number of carbonyl (C=O) groups is 1. The van der Waals surface area contributed by atoms with Gasteiger partial charge in [0, 0.05) is 24.4 Å². The van der Waals surface area contributed by atoms with E-state index in [1.807, 2.05) is 49.4 Å². The lowest BCUT2D eigenvalue weighted by molar-refractivity contribution is 0.0639. The van der Waals surface area contributed by atoms with Gasteiger partial charge in [0.25, 0.3) is 0 Å². The fraction of sp³-hybridized carbons (Fsp3) is 0.171. The van der Waals surface area contributed by atoms with Crippen molar-refractivity contribution in [1.29, 1.82) is 0 Å². The second-order valence-electron chi connectivity index (χ2n) is 9.80. The van der Waals surface area contributed by atoms with E-state index in [9.17, 15) is 4.79 Å². The first-order valence-electron chi connectivity index (χ1n) is 13.4. The maximum Gasteiger partial charge on any atom is 0.186 e. The van der Waals surface area contributed by atoms with E-state index >= 15 is 0 Å². The number of rotatable bonds is 8. The van der Waals surface area contributed by atoms with Crippen LogP contribution in [0.25, 0.3) is 5.70 Å². The number of ether oxygens (including phenoxy) is 1. The van der Waals surface area contributed by atoms with Crippen LogP contribution >= 0.6 is 7.92 Å². The van der Waals surface area contributed by atoms with Gasteiger partial charge in [-0.1, -0.05) is 120 Å². The molecule has 1 aliphatic heterocycles. The van der Waals surface area contributed by atoms with Crippen molar-refractivity contribution in [2.24, 2.45) is 0 Å². The first kappa shape index (κ1) is 26.8. The predicted octanol–water partition coefficient (Wildman–Crippen LogP) is 6.88. The van der Waals surface area contributed by atoms with E-state index in [2.05, 4.69) is 90.7 Å². The van der Waals surface area contributed by atoms with Crippen LogP contribution in [0.2, 0.25) is 0 Å². The summed E-state index contributed by atoms with van der Waals surface area (Å²) in [4.78, 5) is 16.1. The van der Waals surface area contributed by atoms with E-state index in [1.165, 1.54) is 16.2 Å². The van der Waals surface area contributed by atoms with Gasteiger partial charge >= 0.3 is 0 Å². The normalized spacial score (nSPS) is 14.5. The van der Waals surface area contributed by atoms with Crippen LogP contribution in [0, 0.1) is 13.8 Å². The maximum atomic E-state index is 13.7. The summed E-state index contributed by atoms with van der Waals surface area (Å²) in [7, 11) is -0.988. The number of benzene rings is 4. The Morgan fingerprint density at radius 2 is 1.15 bits per heavy atom. The third-order valence-corrected chi connectivity index (χ3v) is 9.29. The topological polar surface area (TPSA) is 29.5 Å². The van der Waals surface area contributed by atoms with Crippen molar-refractivity contribution in [3.8, 4) is 0 Å². The Bertz CT molecular complexity index is 1400. The lowest BCUT2D eigenvalue weighted by Gasteiger charge is -2.32. The summed E-state index contributed by atoms with van der Waals surface area (Å²) >= 11 is 0. The Kier molecular flexibility index (Phi) is 8.83. The van der Waals surface area contributed by atoms with E-state index in [4.69, 9.17) is 4.74 Å². The molecule has 0 atom stereocenters. The molecule has 39 heavy (non-hydrogen) atoms. The molecule has 5 rings (SSSR count). The van der Waals surface area contributed by atoms with E-state index in [1.54, 1.807) is 0 Å². The van der Waals surface area contributed by atoms with E-state index in [-0.39, 0.29) is 5.78 Å². The lowest BCUT2D eigenvalue weighted by Crippen LogP contribution is -2.35. The van der Waals surface area contributed by atoms with Gasteiger partial charge in [-0.05, 0) is 55.4 Å². The third-order valence-electron chi connectivity index (χ3n) is 6.89. The molecule has 1 saturated heterocycles. The summed E-state index contributed by atoms with van der Waals surface area (Å²) in [5, 5.41) is 3.45. The minimum Gasteiger partial charge on any atom is -0.378 e. The standard InChI is InChI=1S/C35H34NO2P/c1-27-13-17-29(18-14-27)34(36-21-23-38-24-22-36)25-33(26-35(37)30-19-15-28(2)16-20-30)39(31-9-5-3-6-10-31)32-11-7-4-8-12-32/h3-20,25-26H,21-24H2,1-2H3/b33-26+,34-25+. The summed E-state index contributed by atoms with van der Waals surface area (Å²) in [5.41, 5.74) is 5.33. The average molecular weight is 532 g/mol. The molecule has 0 aromatic heterocycles. The molecule has 0 spiro atoms. The van der Waals surface area contributed by atoms with Crippen molar-refractivity contribution in [3.63, 3.8) is 0 Å². The van der Waals surface area contributed by atoms with Gasteiger partial charge < -0.3 is 9.64 Å². The zero-order chi connectivity index (χ0) is 27.0. The molecule has 1 heterocycles. The number of nitrogens with zero attached hydrogens (tertiary/aromatic N) is 1. The van der Waals surface area contributed by atoms with Gasteiger partial charge in [-0.25, -0.2) is 0 Å². The Hall–Kier alpha value is -3.78. The van der Waals surface area contributed by atoms with Crippen LogP contribution in [0.15, 0.2) is 127 Å². The number of carbonyl (C=O) groups excluding carboxylic acids is 1. The molecule has 0 radical (unpaired) electrons. The van der Waals surface area contributed by atoms with Gasteiger partial charge in [0.05, 0.1) is 13.2 Å². The summed E-state index contributed by atoms with van der Waals surface area (Å²) in [5.74, 6) is 0.0193. The first-order chi connectivity index (χ1) is 19.1. The van der Waals surface area contributed by atoms with Crippen molar-refractivity contribution in [2.75, 3.05) is 26.3 Å². The lowest BCUT2D eigenvalue weighted by atomic mass is 10.1. The molecule has 0 N–H and O–H groups in total. The molecule has 196 valence electrons. The van der Waals surface area contributed by atoms with E-state index < -0.39 is 7.92 Å². The molecular formula is C35H34NO2P. The summed E-state index contributed by atoms with van der Waals surface area (Å²) in [6, 6.07) is 37.7. The molecule has 4 aromatic rings. The Balaban J connectivity index is 1.71. The summed E-state index contributed by atoms with van der Waals surface area (Å²) < 4.78 is 5.69. The molecule has 0 aliphatic carbocycles. The van der Waals surface area contributed by atoms with Gasteiger partial charge in [-0.15, -0.1) is 0 Å².